The van der Waals surface area contributed by atoms with Crippen LogP contribution in [0, 0.1) is 0 Å². The predicted molar refractivity (Wildman–Crippen MR) is 80.6 cm³/mol. The molecule has 4 nitrogen and oxygen atoms in total. The summed E-state index contributed by atoms with van der Waals surface area (Å²) in [6.07, 6.45) is 16.0. The van der Waals surface area contributed by atoms with Gasteiger partial charge in [-0.15, -0.1) is 0 Å². The molecule has 0 aromatic heterocycles. The Morgan fingerprint density at radius 1 is 0.750 bits per heavy atom. The highest BCUT2D eigenvalue weighted by Crippen LogP contribution is 2.12. The number of nitrogens with zero attached hydrogens (tertiary/aromatic N) is 1. The molecule has 116 valence electrons. The van der Waals surface area contributed by atoms with Crippen molar-refractivity contribution >= 4 is 12.0 Å². The van der Waals surface area contributed by atoms with Gasteiger partial charge in [0, 0.05) is 6.42 Å². The Morgan fingerprint density at radius 3 is 1.55 bits per heavy atom. The molecule has 0 aromatic rings. The van der Waals surface area contributed by atoms with Crippen LogP contribution in [0.25, 0.3) is 0 Å². The smallest absolute Gasteiger partial charge is 0.303 e. The molecule has 0 bridgehead atoms. The van der Waals surface area contributed by atoms with Crippen molar-refractivity contribution in [1.82, 2.24) is 0 Å². The van der Waals surface area contributed by atoms with E-state index in [2.05, 4.69) is 4.99 Å². The van der Waals surface area contributed by atoms with E-state index in [1.807, 2.05) is 0 Å². The first kappa shape index (κ1) is 18.9. The fourth-order valence-corrected chi connectivity index (χ4v) is 2.28. The molecule has 0 spiro atoms. The third kappa shape index (κ3) is 16.9. The fraction of sp³-hybridized carbons (Fsp3) is 0.875. The second-order valence-electron chi connectivity index (χ2n) is 5.36. The average Bonchev–Trinajstić information content (AvgIpc) is 2.43. The van der Waals surface area contributed by atoms with Crippen molar-refractivity contribution in [2.75, 3.05) is 6.54 Å². The summed E-state index contributed by atoms with van der Waals surface area (Å²) in [5.41, 5.74) is 0. The van der Waals surface area contributed by atoms with E-state index in [-0.39, 0.29) is 0 Å². The van der Waals surface area contributed by atoms with E-state index in [1.54, 1.807) is 6.08 Å². The van der Waals surface area contributed by atoms with Crippen molar-refractivity contribution in [2.24, 2.45) is 4.99 Å². The molecule has 0 atom stereocenters. The van der Waals surface area contributed by atoms with Gasteiger partial charge in [0.05, 0.1) is 6.54 Å². The number of carboxylic acid groups (broad SMARTS) is 1. The molecular weight excluding hydrogens is 254 g/mol. The Morgan fingerprint density at radius 2 is 1.15 bits per heavy atom. The summed E-state index contributed by atoms with van der Waals surface area (Å²) in [4.78, 5) is 23.7. The van der Waals surface area contributed by atoms with Gasteiger partial charge in [0.25, 0.3) is 0 Å². The van der Waals surface area contributed by atoms with Crippen molar-refractivity contribution in [3.05, 3.63) is 0 Å². The van der Waals surface area contributed by atoms with Crippen molar-refractivity contribution in [2.45, 2.75) is 83.5 Å². The van der Waals surface area contributed by atoms with Crippen LogP contribution in [0.4, 0.5) is 0 Å². The van der Waals surface area contributed by atoms with E-state index in [0.29, 0.717) is 13.0 Å². The Hall–Kier alpha value is -1.15. The molecule has 0 aromatic carbocycles. The van der Waals surface area contributed by atoms with Gasteiger partial charge in [-0.1, -0.05) is 64.2 Å². The van der Waals surface area contributed by atoms with Gasteiger partial charge in [0.2, 0.25) is 6.08 Å². The van der Waals surface area contributed by atoms with Gasteiger partial charge in [-0.2, -0.15) is 0 Å². The summed E-state index contributed by atoms with van der Waals surface area (Å²) in [6, 6.07) is 0. The number of hydrogen-bond acceptors (Lipinski definition) is 3. The van der Waals surface area contributed by atoms with Gasteiger partial charge in [-0.25, -0.2) is 9.79 Å². The summed E-state index contributed by atoms with van der Waals surface area (Å²) >= 11 is 0. The van der Waals surface area contributed by atoms with Crippen LogP contribution in [-0.2, 0) is 9.59 Å². The van der Waals surface area contributed by atoms with Crippen molar-refractivity contribution in [3.63, 3.8) is 0 Å². The minimum absolute atomic E-state index is 0.318. The van der Waals surface area contributed by atoms with E-state index in [4.69, 9.17) is 5.11 Å². The second kappa shape index (κ2) is 15.9. The zero-order chi connectivity index (χ0) is 14.9. The van der Waals surface area contributed by atoms with E-state index >= 15 is 0 Å². The van der Waals surface area contributed by atoms with Crippen molar-refractivity contribution < 1.29 is 14.7 Å². The number of unbranched alkanes of at least 4 members (excludes halogenated alkanes) is 11. The molecule has 0 fully saturated rings. The van der Waals surface area contributed by atoms with Crippen LogP contribution in [0.2, 0.25) is 0 Å². The number of aliphatic imine (C=N–C) groups is 1. The minimum Gasteiger partial charge on any atom is -0.481 e. The standard InChI is InChI=1S/C16H29NO3/c18-15-17-14-12-10-8-6-4-2-1-3-5-7-9-11-13-16(19)20/h1-14H2,(H,19,20). The highest BCUT2D eigenvalue weighted by molar-refractivity contribution is 5.66. The average molecular weight is 283 g/mol. The SMILES string of the molecule is O=C=NCCCCCCCCCCCCCCC(=O)O. The van der Waals surface area contributed by atoms with Crippen LogP contribution < -0.4 is 0 Å². The van der Waals surface area contributed by atoms with E-state index in [9.17, 15) is 9.59 Å². The molecule has 0 saturated carbocycles. The lowest BCUT2D eigenvalue weighted by atomic mass is 10.0. The van der Waals surface area contributed by atoms with E-state index < -0.39 is 5.97 Å². The van der Waals surface area contributed by atoms with Gasteiger partial charge in [0.15, 0.2) is 0 Å². The molecule has 0 saturated heterocycles. The summed E-state index contributed by atoms with van der Waals surface area (Å²) in [5.74, 6) is -0.678. The quantitative estimate of drug-likeness (QED) is 0.274. The van der Waals surface area contributed by atoms with Gasteiger partial charge < -0.3 is 5.11 Å². The summed E-state index contributed by atoms with van der Waals surface area (Å²) in [5, 5.41) is 8.50. The third-order valence-electron chi connectivity index (χ3n) is 3.48. The number of carboxylic acids is 1. The zero-order valence-corrected chi connectivity index (χ0v) is 12.6. The molecule has 4 heteroatoms. The second-order valence-corrected chi connectivity index (χ2v) is 5.36. The van der Waals surface area contributed by atoms with Crippen molar-refractivity contribution in [1.29, 1.82) is 0 Å². The number of carbonyl (C=O) groups excluding carboxylic acids is 1. The van der Waals surface area contributed by atoms with E-state index in [0.717, 1.165) is 25.7 Å². The highest BCUT2D eigenvalue weighted by atomic mass is 16.4. The Labute approximate surface area is 122 Å². The molecule has 0 aliphatic heterocycles. The normalized spacial score (nSPS) is 10.2. The Bertz CT molecular complexity index is 259. The van der Waals surface area contributed by atoms with Crippen LogP contribution in [0.5, 0.6) is 0 Å². The maximum atomic E-state index is 10.3. The summed E-state index contributed by atoms with van der Waals surface area (Å²) in [6.45, 7) is 0.630. The van der Waals surface area contributed by atoms with Gasteiger partial charge >= 0.3 is 5.97 Å². The molecule has 0 rings (SSSR count). The van der Waals surface area contributed by atoms with Crippen LogP contribution in [0.15, 0.2) is 4.99 Å². The lowest BCUT2D eigenvalue weighted by Gasteiger charge is -2.02. The summed E-state index contributed by atoms with van der Waals surface area (Å²) in [7, 11) is 0. The predicted octanol–water partition coefficient (Wildman–Crippen LogP) is 4.48. The lowest BCUT2D eigenvalue weighted by Crippen LogP contribution is -1.93. The lowest BCUT2D eigenvalue weighted by molar-refractivity contribution is -0.137. The maximum absolute atomic E-state index is 10.3. The first-order chi connectivity index (χ1) is 9.77. The number of rotatable bonds is 15. The number of isocyanates is 1. The molecule has 0 radical (unpaired) electrons. The molecule has 0 aliphatic rings. The van der Waals surface area contributed by atoms with Crippen LogP contribution in [-0.4, -0.2) is 23.7 Å². The maximum Gasteiger partial charge on any atom is 0.303 e. The zero-order valence-electron chi connectivity index (χ0n) is 12.6. The molecule has 1 N–H and O–H groups in total. The number of aliphatic carboxylic acids is 1. The first-order valence-corrected chi connectivity index (χ1v) is 8.03. The first-order valence-electron chi connectivity index (χ1n) is 8.03. The van der Waals surface area contributed by atoms with E-state index in [1.165, 1.54) is 51.4 Å². The molecule has 0 unspecified atom stereocenters. The van der Waals surface area contributed by atoms with Crippen LogP contribution >= 0.6 is 0 Å². The molecule has 0 aliphatic carbocycles. The van der Waals surface area contributed by atoms with Gasteiger partial charge in [-0.05, 0) is 12.8 Å². The summed E-state index contributed by atoms with van der Waals surface area (Å²) < 4.78 is 0. The number of carbonyl (C=O) groups is 1. The van der Waals surface area contributed by atoms with Crippen molar-refractivity contribution in [3.8, 4) is 0 Å². The van der Waals surface area contributed by atoms with Gasteiger partial charge in [0.1, 0.15) is 0 Å². The molecule has 20 heavy (non-hydrogen) atoms. The molecule has 0 amide bonds. The number of hydrogen-bond donors (Lipinski definition) is 1. The Balaban J connectivity index is 2.99. The van der Waals surface area contributed by atoms with Crippen LogP contribution in [0.3, 0.4) is 0 Å². The molecule has 0 heterocycles. The molecular formula is C16H29NO3. The fourth-order valence-electron chi connectivity index (χ4n) is 2.28. The highest BCUT2D eigenvalue weighted by Gasteiger charge is 1.96. The third-order valence-corrected chi connectivity index (χ3v) is 3.48. The Kier molecular flexibility index (Phi) is 15.0. The largest absolute Gasteiger partial charge is 0.481 e. The van der Waals surface area contributed by atoms with Crippen LogP contribution in [0.1, 0.15) is 83.5 Å². The monoisotopic (exact) mass is 283 g/mol. The minimum atomic E-state index is -0.678. The van der Waals surface area contributed by atoms with Gasteiger partial charge in [-0.3, -0.25) is 4.79 Å². The topological polar surface area (TPSA) is 66.7 Å².